The first-order valence-electron chi connectivity index (χ1n) is 6.42. The van der Waals surface area contributed by atoms with Crippen molar-refractivity contribution in [1.82, 2.24) is 0 Å². The fraction of sp³-hybridized carbons (Fsp3) is 0.571. The first-order chi connectivity index (χ1) is 9.40. The van der Waals surface area contributed by atoms with E-state index in [9.17, 15) is 8.42 Å². The van der Waals surface area contributed by atoms with Crippen LogP contribution in [0.5, 0.6) is 5.75 Å². The molecule has 0 saturated heterocycles. The van der Waals surface area contributed by atoms with Crippen LogP contribution in [0.25, 0.3) is 0 Å². The number of benzene rings is 1. The van der Waals surface area contributed by atoms with Crippen LogP contribution < -0.4 is 10.5 Å². The minimum Gasteiger partial charge on any atom is -0.497 e. The van der Waals surface area contributed by atoms with Gasteiger partial charge in [-0.3, -0.25) is 0 Å². The molecule has 0 aliphatic heterocycles. The van der Waals surface area contributed by atoms with Crippen LogP contribution in [-0.2, 0) is 14.6 Å². The van der Waals surface area contributed by atoms with Crippen LogP contribution in [0, 0.1) is 5.41 Å². The number of rotatable bonds is 6. The molecule has 20 heavy (non-hydrogen) atoms. The van der Waals surface area contributed by atoms with Crippen LogP contribution in [0.1, 0.15) is 11.5 Å². The monoisotopic (exact) mass is 299 g/mol. The zero-order valence-corrected chi connectivity index (χ0v) is 12.8. The van der Waals surface area contributed by atoms with Gasteiger partial charge in [0.2, 0.25) is 0 Å². The van der Waals surface area contributed by atoms with Gasteiger partial charge in [0.05, 0.1) is 19.0 Å². The van der Waals surface area contributed by atoms with Gasteiger partial charge in [-0.05, 0) is 17.7 Å². The quantitative estimate of drug-likeness (QED) is 0.840. The molecule has 1 aromatic carbocycles. The van der Waals surface area contributed by atoms with E-state index in [0.29, 0.717) is 6.61 Å². The van der Waals surface area contributed by atoms with Gasteiger partial charge in [-0.25, -0.2) is 8.42 Å². The van der Waals surface area contributed by atoms with Crippen LogP contribution >= 0.6 is 0 Å². The Morgan fingerprint density at radius 1 is 1.25 bits per heavy atom. The summed E-state index contributed by atoms with van der Waals surface area (Å²) in [5.41, 5.74) is 6.30. The van der Waals surface area contributed by atoms with E-state index in [1.165, 1.54) is 6.26 Å². The highest BCUT2D eigenvalue weighted by molar-refractivity contribution is 7.91. The molecule has 0 aromatic heterocycles. The van der Waals surface area contributed by atoms with Gasteiger partial charge in [0, 0.05) is 31.2 Å². The van der Waals surface area contributed by atoms with E-state index in [-0.39, 0.29) is 12.5 Å². The maximum absolute atomic E-state index is 12.0. The molecule has 1 aliphatic carbocycles. The third-order valence-corrected chi connectivity index (χ3v) is 5.77. The van der Waals surface area contributed by atoms with Gasteiger partial charge < -0.3 is 15.2 Å². The molecule has 2 rings (SSSR count). The fourth-order valence-electron chi connectivity index (χ4n) is 3.19. The summed E-state index contributed by atoms with van der Waals surface area (Å²) >= 11 is 0. The second kappa shape index (κ2) is 5.35. The van der Waals surface area contributed by atoms with Crippen molar-refractivity contribution >= 4 is 9.84 Å². The molecule has 6 heteroatoms. The Labute approximate surface area is 120 Å². The summed E-state index contributed by atoms with van der Waals surface area (Å²) in [6, 6.07) is 7.46. The molecule has 0 spiro atoms. The van der Waals surface area contributed by atoms with E-state index < -0.39 is 20.5 Å². The average Bonchev–Trinajstić information content (AvgIpc) is 3.09. The third-order valence-electron chi connectivity index (χ3n) is 4.11. The van der Waals surface area contributed by atoms with Gasteiger partial charge in [-0.2, -0.15) is 0 Å². The highest BCUT2D eigenvalue weighted by Crippen LogP contribution is 2.62. The van der Waals surface area contributed by atoms with Crippen molar-refractivity contribution in [2.45, 2.75) is 11.2 Å². The van der Waals surface area contributed by atoms with E-state index in [0.717, 1.165) is 11.3 Å². The third kappa shape index (κ3) is 2.43. The van der Waals surface area contributed by atoms with E-state index in [4.69, 9.17) is 15.2 Å². The Hall–Kier alpha value is -1.11. The predicted molar refractivity (Wildman–Crippen MR) is 77.7 cm³/mol. The maximum atomic E-state index is 12.0. The van der Waals surface area contributed by atoms with Crippen molar-refractivity contribution in [3.05, 3.63) is 29.8 Å². The lowest BCUT2D eigenvalue weighted by Gasteiger charge is -2.14. The molecule has 0 unspecified atom stereocenters. The molecule has 2 N–H and O–H groups in total. The van der Waals surface area contributed by atoms with Gasteiger partial charge in [-0.15, -0.1) is 0 Å². The fourth-order valence-corrected chi connectivity index (χ4v) is 5.20. The highest BCUT2D eigenvalue weighted by atomic mass is 32.2. The molecule has 1 fully saturated rings. The molecule has 0 radical (unpaired) electrons. The number of hydrogen-bond acceptors (Lipinski definition) is 5. The van der Waals surface area contributed by atoms with Crippen molar-refractivity contribution in [3.63, 3.8) is 0 Å². The first kappa shape index (κ1) is 15.3. The number of nitrogens with two attached hydrogens (primary N) is 1. The minimum absolute atomic E-state index is 0.117. The normalized spacial score (nSPS) is 29.2. The standard InChI is InChI=1S/C14H21NO4S/c1-18-9-14(8-15)12(13(14)20(3,16)17)10-4-6-11(19-2)7-5-10/h4-7,12-13H,8-9,15H2,1-3H3/t12-,13-,14-/m1/s1. The smallest absolute Gasteiger partial charge is 0.151 e. The van der Waals surface area contributed by atoms with Crippen LogP contribution in [0.3, 0.4) is 0 Å². The van der Waals surface area contributed by atoms with Crippen LogP contribution in [-0.4, -0.2) is 47.3 Å². The molecule has 3 atom stereocenters. The zero-order chi connectivity index (χ0) is 15.0. The Morgan fingerprint density at radius 3 is 2.25 bits per heavy atom. The van der Waals surface area contributed by atoms with Crippen molar-refractivity contribution in [2.24, 2.45) is 11.1 Å². The van der Waals surface area contributed by atoms with Gasteiger partial charge in [0.1, 0.15) is 5.75 Å². The summed E-state index contributed by atoms with van der Waals surface area (Å²) in [6.07, 6.45) is 1.27. The molecule has 1 aliphatic rings. The summed E-state index contributed by atoms with van der Waals surface area (Å²) in [5.74, 6) is 0.628. The molecular weight excluding hydrogens is 278 g/mol. The van der Waals surface area contributed by atoms with E-state index in [1.807, 2.05) is 24.3 Å². The summed E-state index contributed by atoms with van der Waals surface area (Å²) in [7, 11) is -0.00843. The SMILES string of the molecule is COC[C@]1(CN)[C@H](c2ccc(OC)cc2)[C@H]1S(C)(=O)=O. The topological polar surface area (TPSA) is 78.6 Å². The lowest BCUT2D eigenvalue weighted by molar-refractivity contribution is 0.142. The maximum Gasteiger partial charge on any atom is 0.151 e. The number of methoxy groups -OCH3 is 2. The average molecular weight is 299 g/mol. The van der Waals surface area contributed by atoms with Crippen LogP contribution in [0.4, 0.5) is 0 Å². The lowest BCUT2D eigenvalue weighted by Crippen LogP contribution is -2.28. The molecule has 112 valence electrons. The predicted octanol–water partition coefficient (Wildman–Crippen LogP) is 0.797. The van der Waals surface area contributed by atoms with Crippen molar-refractivity contribution in [2.75, 3.05) is 33.6 Å². The van der Waals surface area contributed by atoms with Crippen molar-refractivity contribution < 1.29 is 17.9 Å². The van der Waals surface area contributed by atoms with Gasteiger partial charge in [0.15, 0.2) is 9.84 Å². The lowest BCUT2D eigenvalue weighted by atomic mass is 10.00. The molecule has 5 nitrogen and oxygen atoms in total. The van der Waals surface area contributed by atoms with E-state index >= 15 is 0 Å². The first-order valence-corrected chi connectivity index (χ1v) is 8.38. The van der Waals surface area contributed by atoms with Gasteiger partial charge in [-0.1, -0.05) is 12.1 Å². The van der Waals surface area contributed by atoms with Crippen molar-refractivity contribution in [1.29, 1.82) is 0 Å². The zero-order valence-electron chi connectivity index (χ0n) is 12.0. The Balaban J connectivity index is 2.37. The summed E-state index contributed by atoms with van der Waals surface area (Å²) in [6.45, 7) is 0.632. The summed E-state index contributed by atoms with van der Waals surface area (Å²) in [5, 5.41) is -0.478. The van der Waals surface area contributed by atoms with Gasteiger partial charge >= 0.3 is 0 Å². The van der Waals surface area contributed by atoms with Crippen LogP contribution in [0.2, 0.25) is 0 Å². The Morgan fingerprint density at radius 2 is 1.85 bits per heavy atom. The van der Waals surface area contributed by atoms with Crippen LogP contribution in [0.15, 0.2) is 24.3 Å². The number of ether oxygens (including phenoxy) is 2. The molecule has 0 heterocycles. The van der Waals surface area contributed by atoms with Gasteiger partial charge in [0.25, 0.3) is 0 Å². The number of sulfone groups is 1. The molecule has 1 saturated carbocycles. The molecule has 1 aromatic rings. The second-order valence-corrected chi connectivity index (χ2v) is 7.54. The highest BCUT2D eigenvalue weighted by Gasteiger charge is 2.69. The van der Waals surface area contributed by atoms with E-state index in [2.05, 4.69) is 0 Å². The van der Waals surface area contributed by atoms with E-state index in [1.54, 1.807) is 14.2 Å². The minimum atomic E-state index is -3.18. The molecule has 0 bridgehead atoms. The Bertz CT molecular complexity index is 569. The second-order valence-electron chi connectivity index (χ2n) is 5.37. The largest absolute Gasteiger partial charge is 0.497 e. The van der Waals surface area contributed by atoms with Crippen molar-refractivity contribution in [3.8, 4) is 5.75 Å². The summed E-state index contributed by atoms with van der Waals surface area (Å²) in [4.78, 5) is 0. The summed E-state index contributed by atoms with van der Waals surface area (Å²) < 4.78 is 34.4. The Kier molecular flexibility index (Phi) is 4.09. The molecular formula is C14H21NO4S. The molecule has 0 amide bonds. The number of hydrogen-bond donors (Lipinski definition) is 1.